The van der Waals surface area contributed by atoms with Gasteiger partial charge in [-0.15, -0.1) is 0 Å². The molecule has 1 heterocycles. The number of hydrogen-bond acceptors (Lipinski definition) is 4. The van der Waals surface area contributed by atoms with Crippen LogP contribution in [-0.2, 0) is 6.42 Å². The molecule has 1 aromatic heterocycles. The summed E-state index contributed by atoms with van der Waals surface area (Å²) >= 11 is 0. The average Bonchev–Trinajstić information content (AvgIpc) is 2.79. The Balaban J connectivity index is 2.38. The first-order chi connectivity index (χ1) is 8.22. The van der Waals surface area contributed by atoms with Crippen molar-refractivity contribution in [2.75, 3.05) is 6.54 Å². The van der Waals surface area contributed by atoms with Crippen LogP contribution in [0.3, 0.4) is 0 Å². The molecule has 0 aliphatic carbocycles. The second-order valence-corrected chi connectivity index (χ2v) is 4.31. The largest absolute Gasteiger partial charge is 0.334 e. The Hall–Kier alpha value is -1.68. The van der Waals surface area contributed by atoms with E-state index < -0.39 is 0 Å². The van der Waals surface area contributed by atoms with Crippen LogP contribution in [0.5, 0.6) is 0 Å². The summed E-state index contributed by atoms with van der Waals surface area (Å²) in [5.41, 5.74) is 7.73. The molecular formula is C13H17N3O. The topological polar surface area (TPSA) is 64.9 Å². The van der Waals surface area contributed by atoms with Gasteiger partial charge >= 0.3 is 0 Å². The predicted octanol–water partition coefficient (Wildman–Crippen LogP) is 2.36. The van der Waals surface area contributed by atoms with Crippen molar-refractivity contribution in [2.45, 2.75) is 26.2 Å². The minimum absolute atomic E-state index is 0.272. The molecule has 0 unspecified atom stereocenters. The zero-order chi connectivity index (χ0) is 12.3. The molecular weight excluding hydrogens is 214 g/mol. The Morgan fingerprint density at radius 3 is 2.71 bits per heavy atom. The van der Waals surface area contributed by atoms with Crippen molar-refractivity contribution in [3.05, 3.63) is 35.7 Å². The quantitative estimate of drug-likeness (QED) is 0.877. The minimum Gasteiger partial charge on any atom is -0.334 e. The standard InChI is InChI=1S/C13H17N3O/c1-9(2)12-15-13(17-16-12)11-6-4-3-5-10(11)7-8-14/h3-6,9H,7-8,14H2,1-2H3. The Labute approximate surface area is 101 Å². The van der Waals surface area contributed by atoms with Crippen LogP contribution < -0.4 is 5.73 Å². The van der Waals surface area contributed by atoms with Crippen molar-refractivity contribution < 1.29 is 4.52 Å². The molecule has 0 saturated carbocycles. The van der Waals surface area contributed by atoms with Crippen LogP contribution in [0.2, 0.25) is 0 Å². The molecule has 0 amide bonds. The second-order valence-electron chi connectivity index (χ2n) is 4.31. The summed E-state index contributed by atoms with van der Waals surface area (Å²) in [6.07, 6.45) is 0.815. The van der Waals surface area contributed by atoms with Gasteiger partial charge in [0.25, 0.3) is 5.89 Å². The molecule has 2 N–H and O–H groups in total. The number of benzene rings is 1. The molecule has 0 atom stereocenters. The summed E-state index contributed by atoms with van der Waals surface area (Å²) in [7, 11) is 0. The van der Waals surface area contributed by atoms with Crippen molar-refractivity contribution >= 4 is 0 Å². The molecule has 1 aromatic carbocycles. The van der Waals surface area contributed by atoms with Gasteiger partial charge in [0, 0.05) is 11.5 Å². The van der Waals surface area contributed by atoms with Gasteiger partial charge in [-0.1, -0.05) is 37.2 Å². The average molecular weight is 231 g/mol. The molecule has 0 aliphatic rings. The second kappa shape index (κ2) is 5.10. The summed E-state index contributed by atoms with van der Waals surface area (Å²) in [6, 6.07) is 7.99. The minimum atomic E-state index is 0.272. The SMILES string of the molecule is CC(C)c1noc(-c2ccccc2CCN)n1. The monoisotopic (exact) mass is 231 g/mol. The van der Waals surface area contributed by atoms with E-state index in [1.165, 1.54) is 0 Å². The van der Waals surface area contributed by atoms with Crippen LogP contribution in [0.1, 0.15) is 31.2 Å². The number of nitrogens with two attached hydrogens (primary N) is 1. The highest BCUT2D eigenvalue weighted by molar-refractivity contribution is 5.58. The third-order valence-corrected chi connectivity index (χ3v) is 2.62. The lowest BCUT2D eigenvalue weighted by atomic mass is 10.0. The highest BCUT2D eigenvalue weighted by Crippen LogP contribution is 2.23. The molecule has 4 heteroatoms. The van der Waals surface area contributed by atoms with Crippen molar-refractivity contribution in [3.63, 3.8) is 0 Å². The van der Waals surface area contributed by atoms with Crippen molar-refractivity contribution in [3.8, 4) is 11.5 Å². The molecule has 0 aliphatic heterocycles. The van der Waals surface area contributed by atoms with Gasteiger partial charge in [-0.25, -0.2) is 0 Å². The predicted molar refractivity (Wildman–Crippen MR) is 66.6 cm³/mol. The Morgan fingerprint density at radius 2 is 2.06 bits per heavy atom. The molecule has 0 saturated heterocycles. The highest BCUT2D eigenvalue weighted by Gasteiger charge is 2.13. The molecule has 0 bridgehead atoms. The molecule has 17 heavy (non-hydrogen) atoms. The molecule has 2 rings (SSSR count). The smallest absolute Gasteiger partial charge is 0.258 e. The van der Waals surface area contributed by atoms with E-state index in [0.29, 0.717) is 12.4 Å². The normalized spacial score (nSPS) is 11.1. The van der Waals surface area contributed by atoms with Gasteiger partial charge in [0.2, 0.25) is 0 Å². The van der Waals surface area contributed by atoms with Crippen LogP contribution in [-0.4, -0.2) is 16.7 Å². The number of nitrogens with zero attached hydrogens (tertiary/aromatic N) is 2. The van der Waals surface area contributed by atoms with E-state index in [9.17, 15) is 0 Å². The molecule has 90 valence electrons. The first-order valence-corrected chi connectivity index (χ1v) is 5.84. The fourth-order valence-electron chi connectivity index (χ4n) is 1.68. The number of hydrogen-bond donors (Lipinski definition) is 1. The Bertz CT molecular complexity index is 491. The maximum atomic E-state index is 5.59. The summed E-state index contributed by atoms with van der Waals surface area (Å²) in [6.45, 7) is 4.70. The first-order valence-electron chi connectivity index (χ1n) is 5.84. The lowest BCUT2D eigenvalue weighted by molar-refractivity contribution is 0.419. The molecule has 4 nitrogen and oxygen atoms in total. The van der Waals surface area contributed by atoms with E-state index in [-0.39, 0.29) is 5.92 Å². The Kier molecular flexibility index (Phi) is 3.54. The lowest BCUT2D eigenvalue weighted by Crippen LogP contribution is -2.03. The van der Waals surface area contributed by atoms with E-state index in [0.717, 1.165) is 23.4 Å². The van der Waals surface area contributed by atoms with Crippen LogP contribution >= 0.6 is 0 Å². The van der Waals surface area contributed by atoms with Gasteiger partial charge in [-0.3, -0.25) is 0 Å². The summed E-state index contributed by atoms with van der Waals surface area (Å²) in [5.74, 6) is 1.59. The molecule has 0 fully saturated rings. The van der Waals surface area contributed by atoms with Crippen molar-refractivity contribution in [1.82, 2.24) is 10.1 Å². The number of aromatic nitrogens is 2. The highest BCUT2D eigenvalue weighted by atomic mass is 16.5. The zero-order valence-corrected chi connectivity index (χ0v) is 10.2. The van der Waals surface area contributed by atoms with Gasteiger partial charge in [0.05, 0.1) is 0 Å². The first kappa shape index (κ1) is 11.8. The fourth-order valence-corrected chi connectivity index (χ4v) is 1.68. The lowest BCUT2D eigenvalue weighted by Gasteiger charge is -2.03. The number of rotatable bonds is 4. The van der Waals surface area contributed by atoms with Crippen molar-refractivity contribution in [2.24, 2.45) is 5.73 Å². The summed E-state index contributed by atoms with van der Waals surface area (Å²) in [4.78, 5) is 4.40. The summed E-state index contributed by atoms with van der Waals surface area (Å²) in [5, 5.41) is 3.98. The van der Waals surface area contributed by atoms with Gasteiger partial charge in [-0.05, 0) is 24.6 Å². The fraction of sp³-hybridized carbons (Fsp3) is 0.385. The molecule has 0 radical (unpaired) electrons. The van der Waals surface area contributed by atoms with E-state index in [2.05, 4.69) is 10.1 Å². The maximum absolute atomic E-state index is 5.59. The molecule has 2 aromatic rings. The summed E-state index contributed by atoms with van der Waals surface area (Å²) < 4.78 is 5.30. The van der Waals surface area contributed by atoms with Crippen molar-refractivity contribution in [1.29, 1.82) is 0 Å². The Morgan fingerprint density at radius 1 is 1.29 bits per heavy atom. The van der Waals surface area contributed by atoms with Gasteiger partial charge in [-0.2, -0.15) is 4.98 Å². The van der Waals surface area contributed by atoms with E-state index in [1.807, 2.05) is 38.1 Å². The van der Waals surface area contributed by atoms with Crippen LogP contribution in [0.15, 0.2) is 28.8 Å². The van der Waals surface area contributed by atoms with E-state index >= 15 is 0 Å². The van der Waals surface area contributed by atoms with Gasteiger partial charge in [0.1, 0.15) is 0 Å². The zero-order valence-electron chi connectivity index (χ0n) is 10.2. The van der Waals surface area contributed by atoms with Gasteiger partial charge < -0.3 is 10.3 Å². The van der Waals surface area contributed by atoms with Crippen LogP contribution in [0.25, 0.3) is 11.5 Å². The third-order valence-electron chi connectivity index (χ3n) is 2.62. The maximum Gasteiger partial charge on any atom is 0.258 e. The third kappa shape index (κ3) is 2.53. The van der Waals surface area contributed by atoms with Crippen LogP contribution in [0.4, 0.5) is 0 Å². The molecule has 0 spiro atoms. The van der Waals surface area contributed by atoms with E-state index in [4.69, 9.17) is 10.3 Å². The van der Waals surface area contributed by atoms with Gasteiger partial charge in [0.15, 0.2) is 5.82 Å². The van der Waals surface area contributed by atoms with E-state index in [1.54, 1.807) is 0 Å². The van der Waals surface area contributed by atoms with Crippen LogP contribution in [0, 0.1) is 0 Å².